The quantitative estimate of drug-likeness (QED) is 0.639. The Bertz CT molecular complexity index is 801. The molecule has 0 saturated carbocycles. The Morgan fingerprint density at radius 3 is 2.75 bits per heavy atom. The summed E-state index contributed by atoms with van der Waals surface area (Å²) in [4.78, 5) is 20.2. The van der Waals surface area contributed by atoms with Crippen LogP contribution in [0.15, 0.2) is 54.2 Å². The number of aryl methyl sites for hydroxylation is 1. The zero-order valence-corrected chi connectivity index (χ0v) is 14.0. The second-order valence-electron chi connectivity index (χ2n) is 5.17. The monoisotopic (exact) mass is 340 g/mol. The molecular weight excluding hydrogens is 324 g/mol. The number of pyridine rings is 1. The largest absolute Gasteiger partial charge is 0.486 e. The van der Waals surface area contributed by atoms with E-state index in [4.69, 9.17) is 9.47 Å². The highest BCUT2D eigenvalue weighted by molar-refractivity contribution is 7.09. The molecule has 3 rings (SSSR count). The summed E-state index contributed by atoms with van der Waals surface area (Å²) in [5, 5.41) is 2.41. The Balaban J connectivity index is 1.52. The first-order valence-electron chi connectivity index (χ1n) is 7.40. The predicted molar refractivity (Wildman–Crippen MR) is 91.0 cm³/mol. The van der Waals surface area contributed by atoms with Crippen molar-refractivity contribution in [2.24, 2.45) is 0 Å². The summed E-state index contributed by atoms with van der Waals surface area (Å²) in [7, 11) is 0. The fourth-order valence-corrected chi connectivity index (χ4v) is 2.63. The fourth-order valence-electron chi connectivity index (χ4n) is 1.96. The van der Waals surface area contributed by atoms with Crippen LogP contribution in [0.4, 0.5) is 0 Å². The molecular formula is C18H16N2O3S. The van der Waals surface area contributed by atoms with Crippen molar-refractivity contribution in [2.45, 2.75) is 20.1 Å². The number of hydrogen-bond donors (Lipinski definition) is 0. The normalized spacial score (nSPS) is 10.4. The molecule has 0 spiro atoms. The minimum atomic E-state index is -0.448. The Hall–Kier alpha value is -2.73. The van der Waals surface area contributed by atoms with E-state index in [1.807, 2.05) is 37.3 Å². The Labute approximate surface area is 143 Å². The van der Waals surface area contributed by atoms with Gasteiger partial charge in [0.2, 0.25) is 0 Å². The molecule has 2 aromatic heterocycles. The molecule has 6 heteroatoms. The summed E-state index contributed by atoms with van der Waals surface area (Å²) in [5.41, 5.74) is 2.31. The van der Waals surface area contributed by atoms with Crippen LogP contribution in [0.2, 0.25) is 0 Å². The molecule has 0 radical (unpaired) electrons. The molecule has 0 N–H and O–H groups in total. The highest BCUT2D eigenvalue weighted by Gasteiger charge is 2.13. The molecule has 0 aliphatic heterocycles. The first kappa shape index (κ1) is 16.1. The third kappa shape index (κ3) is 4.39. The number of ether oxygens (including phenoxy) is 2. The van der Waals surface area contributed by atoms with E-state index in [-0.39, 0.29) is 6.61 Å². The van der Waals surface area contributed by atoms with Crippen molar-refractivity contribution in [1.29, 1.82) is 0 Å². The van der Waals surface area contributed by atoms with E-state index in [1.165, 1.54) is 16.9 Å². The highest BCUT2D eigenvalue weighted by atomic mass is 32.1. The van der Waals surface area contributed by atoms with Gasteiger partial charge in [-0.2, -0.15) is 0 Å². The topological polar surface area (TPSA) is 61.3 Å². The van der Waals surface area contributed by atoms with Gasteiger partial charge in [0.1, 0.15) is 24.0 Å². The van der Waals surface area contributed by atoms with Gasteiger partial charge < -0.3 is 9.47 Å². The SMILES string of the molecule is Cc1ccc(OCc2nc(C(=O)OCc3cccnc3)cs2)cc1. The average Bonchev–Trinajstić information content (AvgIpc) is 3.09. The zero-order valence-electron chi connectivity index (χ0n) is 13.1. The van der Waals surface area contributed by atoms with Gasteiger partial charge in [0.25, 0.3) is 0 Å². The molecule has 0 unspecified atom stereocenters. The van der Waals surface area contributed by atoms with E-state index < -0.39 is 5.97 Å². The molecule has 3 aromatic rings. The lowest BCUT2D eigenvalue weighted by Crippen LogP contribution is -2.06. The smallest absolute Gasteiger partial charge is 0.358 e. The van der Waals surface area contributed by atoms with Crippen LogP contribution in [-0.4, -0.2) is 15.9 Å². The van der Waals surface area contributed by atoms with Crippen molar-refractivity contribution in [3.05, 3.63) is 76.0 Å². The Morgan fingerprint density at radius 2 is 2.00 bits per heavy atom. The maximum absolute atomic E-state index is 12.0. The van der Waals surface area contributed by atoms with E-state index in [2.05, 4.69) is 9.97 Å². The molecule has 0 fully saturated rings. The first-order valence-corrected chi connectivity index (χ1v) is 8.28. The summed E-state index contributed by atoms with van der Waals surface area (Å²) < 4.78 is 10.9. The van der Waals surface area contributed by atoms with Crippen LogP contribution in [0.5, 0.6) is 5.75 Å². The van der Waals surface area contributed by atoms with Crippen molar-refractivity contribution < 1.29 is 14.3 Å². The fraction of sp³-hybridized carbons (Fsp3) is 0.167. The van der Waals surface area contributed by atoms with Crippen LogP contribution in [0.25, 0.3) is 0 Å². The van der Waals surface area contributed by atoms with Gasteiger partial charge in [0.15, 0.2) is 5.69 Å². The summed E-state index contributed by atoms with van der Waals surface area (Å²) in [5.74, 6) is 0.327. The Kier molecular flexibility index (Phi) is 5.18. The number of aromatic nitrogens is 2. The molecule has 0 bridgehead atoms. The highest BCUT2D eigenvalue weighted by Crippen LogP contribution is 2.16. The Morgan fingerprint density at radius 1 is 1.17 bits per heavy atom. The van der Waals surface area contributed by atoms with Crippen LogP contribution in [0.3, 0.4) is 0 Å². The maximum atomic E-state index is 12.0. The van der Waals surface area contributed by atoms with Crippen molar-refractivity contribution >= 4 is 17.3 Å². The van der Waals surface area contributed by atoms with Crippen molar-refractivity contribution in [3.63, 3.8) is 0 Å². The van der Waals surface area contributed by atoms with Gasteiger partial charge in [0, 0.05) is 23.3 Å². The number of benzene rings is 1. The number of nitrogens with zero attached hydrogens (tertiary/aromatic N) is 2. The minimum Gasteiger partial charge on any atom is -0.486 e. The zero-order chi connectivity index (χ0) is 16.8. The first-order chi connectivity index (χ1) is 11.7. The second-order valence-corrected chi connectivity index (χ2v) is 6.11. The van der Waals surface area contributed by atoms with Crippen LogP contribution < -0.4 is 4.74 Å². The molecule has 0 saturated heterocycles. The maximum Gasteiger partial charge on any atom is 0.358 e. The third-order valence-corrected chi connectivity index (χ3v) is 4.06. The number of hydrogen-bond acceptors (Lipinski definition) is 6. The van der Waals surface area contributed by atoms with Crippen molar-refractivity contribution in [3.8, 4) is 5.75 Å². The van der Waals surface area contributed by atoms with Crippen LogP contribution in [0, 0.1) is 6.92 Å². The van der Waals surface area contributed by atoms with Crippen LogP contribution in [-0.2, 0) is 18.0 Å². The van der Waals surface area contributed by atoms with Crippen molar-refractivity contribution in [2.75, 3.05) is 0 Å². The predicted octanol–water partition coefficient (Wildman–Crippen LogP) is 3.78. The molecule has 0 atom stereocenters. The lowest BCUT2D eigenvalue weighted by atomic mass is 10.2. The van der Waals surface area contributed by atoms with E-state index in [1.54, 1.807) is 23.8 Å². The average molecular weight is 340 g/mol. The lowest BCUT2D eigenvalue weighted by Gasteiger charge is -2.04. The van der Waals surface area contributed by atoms with E-state index in [9.17, 15) is 4.79 Å². The minimum absolute atomic E-state index is 0.180. The molecule has 0 aliphatic rings. The molecule has 1 aromatic carbocycles. The van der Waals surface area contributed by atoms with E-state index >= 15 is 0 Å². The lowest BCUT2D eigenvalue weighted by molar-refractivity contribution is 0.0466. The third-order valence-electron chi connectivity index (χ3n) is 3.24. The number of rotatable bonds is 6. The summed E-state index contributed by atoms with van der Waals surface area (Å²) in [6.45, 7) is 2.52. The molecule has 0 amide bonds. The van der Waals surface area contributed by atoms with Crippen LogP contribution >= 0.6 is 11.3 Å². The molecule has 2 heterocycles. The van der Waals surface area contributed by atoms with Gasteiger partial charge in [-0.15, -0.1) is 11.3 Å². The molecule has 122 valence electrons. The molecule has 24 heavy (non-hydrogen) atoms. The molecule has 0 aliphatic carbocycles. The summed E-state index contributed by atoms with van der Waals surface area (Å²) in [6.07, 6.45) is 3.33. The van der Waals surface area contributed by atoms with Crippen LogP contribution in [0.1, 0.15) is 26.6 Å². The van der Waals surface area contributed by atoms with E-state index in [0.717, 1.165) is 16.3 Å². The van der Waals surface area contributed by atoms with E-state index in [0.29, 0.717) is 12.3 Å². The van der Waals surface area contributed by atoms with Gasteiger partial charge in [-0.05, 0) is 25.1 Å². The number of carbonyl (C=O) groups is 1. The van der Waals surface area contributed by atoms with Gasteiger partial charge in [-0.3, -0.25) is 4.98 Å². The van der Waals surface area contributed by atoms with Gasteiger partial charge in [0.05, 0.1) is 0 Å². The van der Waals surface area contributed by atoms with Gasteiger partial charge >= 0.3 is 5.97 Å². The standard InChI is InChI=1S/C18H16N2O3S/c1-13-4-6-15(7-5-13)22-11-17-20-16(12-24-17)18(21)23-10-14-3-2-8-19-9-14/h2-9,12H,10-11H2,1H3. The molecule has 5 nitrogen and oxygen atoms in total. The number of esters is 1. The van der Waals surface area contributed by atoms with Gasteiger partial charge in [-0.25, -0.2) is 9.78 Å². The summed E-state index contributed by atoms with van der Waals surface area (Å²) >= 11 is 1.37. The second kappa shape index (κ2) is 7.70. The number of thiazole rings is 1. The summed E-state index contributed by atoms with van der Waals surface area (Å²) in [6, 6.07) is 11.4. The van der Waals surface area contributed by atoms with Crippen molar-refractivity contribution in [1.82, 2.24) is 9.97 Å². The number of carbonyl (C=O) groups excluding carboxylic acids is 1. The van der Waals surface area contributed by atoms with Gasteiger partial charge in [-0.1, -0.05) is 23.8 Å².